The van der Waals surface area contributed by atoms with Crippen LogP contribution in [-0.4, -0.2) is 34.0 Å². The summed E-state index contributed by atoms with van der Waals surface area (Å²) in [6, 6.07) is 11.5. The molecule has 124 valence electrons. The van der Waals surface area contributed by atoms with Crippen molar-refractivity contribution in [2.24, 2.45) is 0 Å². The monoisotopic (exact) mass is 342 g/mol. The predicted octanol–water partition coefficient (Wildman–Crippen LogP) is 3.95. The number of benzene rings is 1. The van der Waals surface area contributed by atoms with Gasteiger partial charge in [-0.15, -0.1) is 0 Å². The van der Waals surface area contributed by atoms with E-state index in [0.29, 0.717) is 10.6 Å². The fraction of sp³-hybridized carbons (Fsp3) is 0.368. The number of carbonyl (C=O) groups is 1. The molecule has 1 aromatic heterocycles. The van der Waals surface area contributed by atoms with Crippen LogP contribution in [0.4, 0.5) is 0 Å². The molecule has 2 atom stereocenters. The van der Waals surface area contributed by atoms with E-state index >= 15 is 0 Å². The fourth-order valence-electron chi connectivity index (χ4n) is 3.93. The van der Waals surface area contributed by atoms with E-state index in [1.807, 2.05) is 24.3 Å². The van der Waals surface area contributed by atoms with Crippen LogP contribution in [0.25, 0.3) is 0 Å². The number of carbonyl (C=O) groups excluding carboxylic acids is 1. The van der Waals surface area contributed by atoms with Crippen LogP contribution >= 0.6 is 11.6 Å². The molecular formula is C19H19ClN2O2. The summed E-state index contributed by atoms with van der Waals surface area (Å²) >= 11 is 6.03. The molecule has 1 amide bonds. The number of aromatic nitrogens is 1. The second-order valence-electron chi connectivity index (χ2n) is 6.51. The second kappa shape index (κ2) is 6.44. The van der Waals surface area contributed by atoms with E-state index in [9.17, 15) is 4.79 Å². The summed E-state index contributed by atoms with van der Waals surface area (Å²) in [4.78, 5) is 19.0. The van der Waals surface area contributed by atoms with Gasteiger partial charge in [0.25, 0.3) is 5.91 Å². The number of nitrogens with zero attached hydrogens (tertiary/aromatic N) is 2. The Morgan fingerprint density at radius 3 is 2.62 bits per heavy atom. The molecule has 2 aliphatic rings. The van der Waals surface area contributed by atoms with Gasteiger partial charge in [0.2, 0.25) is 0 Å². The second-order valence-corrected chi connectivity index (χ2v) is 6.94. The molecule has 2 bridgehead atoms. The third kappa shape index (κ3) is 2.98. The van der Waals surface area contributed by atoms with Crippen LogP contribution in [0.1, 0.15) is 36.0 Å². The first kappa shape index (κ1) is 15.5. The molecule has 2 unspecified atom stereocenters. The molecule has 2 aromatic rings. The molecule has 4 rings (SSSR count). The lowest BCUT2D eigenvalue weighted by Crippen LogP contribution is -2.49. The van der Waals surface area contributed by atoms with Gasteiger partial charge in [-0.25, -0.2) is 0 Å². The lowest BCUT2D eigenvalue weighted by atomic mass is 9.98. The standard InChI is InChI=1S/C19H19ClN2O2/c20-14-4-1-3-13(9-14)19(23)22-15-6-7-16(22)11-18(10-15)24-17-5-2-8-21-12-17/h1-5,8-9,12,15-16,18H,6-7,10-11H2. The zero-order valence-corrected chi connectivity index (χ0v) is 14.0. The maximum atomic E-state index is 12.9. The molecule has 0 spiro atoms. The van der Waals surface area contributed by atoms with Crippen molar-refractivity contribution < 1.29 is 9.53 Å². The van der Waals surface area contributed by atoms with Gasteiger partial charge < -0.3 is 9.64 Å². The van der Waals surface area contributed by atoms with Crippen molar-refractivity contribution in [3.8, 4) is 5.75 Å². The molecule has 0 N–H and O–H groups in total. The van der Waals surface area contributed by atoms with E-state index in [2.05, 4.69) is 9.88 Å². The van der Waals surface area contributed by atoms with Gasteiger partial charge in [0.05, 0.1) is 6.20 Å². The lowest BCUT2D eigenvalue weighted by Gasteiger charge is -2.39. The zero-order valence-electron chi connectivity index (χ0n) is 13.3. The van der Waals surface area contributed by atoms with Crippen LogP contribution < -0.4 is 4.74 Å². The van der Waals surface area contributed by atoms with Crippen LogP contribution in [0.5, 0.6) is 5.75 Å². The first-order valence-electron chi connectivity index (χ1n) is 8.35. The van der Waals surface area contributed by atoms with Crippen LogP contribution in [0.2, 0.25) is 5.02 Å². The zero-order chi connectivity index (χ0) is 16.5. The van der Waals surface area contributed by atoms with E-state index < -0.39 is 0 Å². The van der Waals surface area contributed by atoms with E-state index in [-0.39, 0.29) is 24.1 Å². The van der Waals surface area contributed by atoms with Crippen LogP contribution in [-0.2, 0) is 0 Å². The van der Waals surface area contributed by atoms with Gasteiger partial charge >= 0.3 is 0 Å². The molecule has 0 radical (unpaired) electrons. The van der Waals surface area contributed by atoms with Crippen LogP contribution in [0.15, 0.2) is 48.8 Å². The van der Waals surface area contributed by atoms with Gasteiger partial charge in [-0.05, 0) is 43.2 Å². The largest absolute Gasteiger partial charge is 0.489 e. The molecule has 4 nitrogen and oxygen atoms in total. The van der Waals surface area contributed by atoms with Crippen molar-refractivity contribution in [2.45, 2.75) is 43.9 Å². The Hall–Kier alpha value is -2.07. The van der Waals surface area contributed by atoms with Gasteiger partial charge in [0, 0.05) is 41.7 Å². The number of ether oxygens (including phenoxy) is 1. The van der Waals surface area contributed by atoms with E-state index in [0.717, 1.165) is 31.4 Å². The van der Waals surface area contributed by atoms with Gasteiger partial charge in [0.1, 0.15) is 11.9 Å². The summed E-state index contributed by atoms with van der Waals surface area (Å²) in [6.07, 6.45) is 7.47. The number of pyridine rings is 1. The highest BCUT2D eigenvalue weighted by Crippen LogP contribution is 2.38. The van der Waals surface area contributed by atoms with E-state index in [1.54, 1.807) is 24.5 Å². The molecule has 2 saturated heterocycles. The van der Waals surface area contributed by atoms with Crippen molar-refractivity contribution >= 4 is 17.5 Å². The maximum absolute atomic E-state index is 12.9. The summed E-state index contributed by atoms with van der Waals surface area (Å²) in [7, 11) is 0. The number of halogens is 1. The lowest BCUT2D eigenvalue weighted by molar-refractivity contribution is 0.0358. The van der Waals surface area contributed by atoms with Crippen LogP contribution in [0, 0.1) is 0 Å². The minimum absolute atomic E-state index is 0.0878. The fourth-order valence-corrected chi connectivity index (χ4v) is 4.13. The summed E-state index contributed by atoms with van der Waals surface area (Å²) in [5.74, 6) is 0.890. The Balaban J connectivity index is 1.48. The molecule has 0 aliphatic carbocycles. The molecule has 2 aliphatic heterocycles. The first-order valence-corrected chi connectivity index (χ1v) is 8.73. The van der Waals surface area contributed by atoms with Gasteiger partial charge in [0.15, 0.2) is 0 Å². The minimum atomic E-state index is 0.0878. The Bertz CT molecular complexity index is 723. The average molecular weight is 343 g/mol. The number of amides is 1. The molecule has 2 fully saturated rings. The van der Waals surface area contributed by atoms with E-state index in [4.69, 9.17) is 16.3 Å². The predicted molar refractivity (Wildman–Crippen MR) is 92.3 cm³/mol. The SMILES string of the molecule is O=C(c1cccc(Cl)c1)N1C2CCC1CC(Oc1cccnc1)C2. The Kier molecular flexibility index (Phi) is 4.15. The third-order valence-electron chi connectivity index (χ3n) is 4.93. The highest BCUT2D eigenvalue weighted by Gasteiger charge is 2.44. The Labute approximate surface area is 146 Å². The van der Waals surface area contributed by atoms with Crippen molar-refractivity contribution in [3.63, 3.8) is 0 Å². The number of hydrogen-bond acceptors (Lipinski definition) is 3. The minimum Gasteiger partial charge on any atom is -0.489 e. The smallest absolute Gasteiger partial charge is 0.254 e. The van der Waals surface area contributed by atoms with Crippen LogP contribution in [0.3, 0.4) is 0 Å². The Morgan fingerprint density at radius 1 is 1.17 bits per heavy atom. The highest BCUT2D eigenvalue weighted by atomic mass is 35.5. The molecule has 3 heterocycles. The molecule has 24 heavy (non-hydrogen) atoms. The summed E-state index contributed by atoms with van der Waals surface area (Å²) in [6.45, 7) is 0. The topological polar surface area (TPSA) is 42.4 Å². The van der Waals surface area contributed by atoms with Gasteiger partial charge in [-0.2, -0.15) is 0 Å². The van der Waals surface area contributed by atoms with Gasteiger partial charge in [-0.1, -0.05) is 17.7 Å². The average Bonchev–Trinajstić information content (AvgIpc) is 2.86. The molecule has 1 aromatic carbocycles. The number of hydrogen-bond donors (Lipinski definition) is 0. The quantitative estimate of drug-likeness (QED) is 0.848. The maximum Gasteiger partial charge on any atom is 0.254 e. The summed E-state index contributed by atoms with van der Waals surface area (Å²) in [5.41, 5.74) is 0.672. The molecule has 0 saturated carbocycles. The number of piperidine rings is 1. The summed E-state index contributed by atoms with van der Waals surface area (Å²) < 4.78 is 6.07. The van der Waals surface area contributed by atoms with Gasteiger partial charge in [-0.3, -0.25) is 9.78 Å². The summed E-state index contributed by atoms with van der Waals surface area (Å²) in [5, 5.41) is 0.600. The van der Waals surface area contributed by atoms with Crippen molar-refractivity contribution in [1.29, 1.82) is 0 Å². The number of rotatable bonds is 3. The van der Waals surface area contributed by atoms with Crippen molar-refractivity contribution in [2.75, 3.05) is 0 Å². The molecular weight excluding hydrogens is 324 g/mol. The van der Waals surface area contributed by atoms with Crippen molar-refractivity contribution in [3.05, 3.63) is 59.4 Å². The van der Waals surface area contributed by atoms with Crippen molar-refractivity contribution in [1.82, 2.24) is 9.88 Å². The highest BCUT2D eigenvalue weighted by molar-refractivity contribution is 6.30. The first-order chi connectivity index (χ1) is 11.7. The van der Waals surface area contributed by atoms with E-state index in [1.165, 1.54) is 0 Å². The third-order valence-corrected chi connectivity index (χ3v) is 5.17. The normalized spacial score (nSPS) is 25.5. The number of fused-ring (bicyclic) bond motifs is 2. The molecule has 5 heteroatoms. The Morgan fingerprint density at radius 2 is 1.96 bits per heavy atom.